The number of amides is 2. The molecule has 1 aliphatic carbocycles. The highest BCUT2D eigenvalue weighted by atomic mass is 19.1. The minimum Gasteiger partial charge on any atom is -0.444 e. The fourth-order valence-electron chi connectivity index (χ4n) is 7.68. The minimum atomic E-state index is -0.475. The highest BCUT2D eigenvalue weighted by molar-refractivity contribution is 6.01. The summed E-state index contributed by atoms with van der Waals surface area (Å²) in [6.45, 7) is 18.7. The summed E-state index contributed by atoms with van der Waals surface area (Å²) in [5.74, 6) is 0.815. The van der Waals surface area contributed by atoms with Gasteiger partial charge < -0.3 is 30.1 Å². The number of nitrogens with zero attached hydrogens (tertiary/aromatic N) is 5. The summed E-state index contributed by atoms with van der Waals surface area (Å²) in [5.41, 5.74) is 1.41. The van der Waals surface area contributed by atoms with Crippen LogP contribution in [0.1, 0.15) is 97.3 Å². The molecule has 10 nitrogen and oxygen atoms in total. The molecule has 47 heavy (non-hydrogen) atoms. The first-order chi connectivity index (χ1) is 22.2. The largest absolute Gasteiger partial charge is 0.444 e. The first kappa shape index (κ1) is 34.9. The Bertz CT molecular complexity index is 1380. The number of piperidine rings is 1. The monoisotopic (exact) mass is 651 g/mol. The van der Waals surface area contributed by atoms with Crippen LogP contribution in [0.25, 0.3) is 0 Å². The lowest BCUT2D eigenvalue weighted by Gasteiger charge is -2.55. The van der Waals surface area contributed by atoms with E-state index in [4.69, 9.17) is 4.74 Å². The van der Waals surface area contributed by atoms with E-state index in [-0.39, 0.29) is 30.1 Å². The number of alkyl carbamates (subject to hydrolysis) is 1. The predicted molar refractivity (Wildman–Crippen MR) is 184 cm³/mol. The van der Waals surface area contributed by atoms with Gasteiger partial charge in [0.1, 0.15) is 23.4 Å². The molecule has 0 unspecified atom stereocenters. The Morgan fingerprint density at radius 1 is 1.04 bits per heavy atom. The smallest absolute Gasteiger partial charge is 0.407 e. The summed E-state index contributed by atoms with van der Waals surface area (Å²) in [6, 6.07) is 4.46. The molecule has 3 fully saturated rings. The molecule has 2 saturated heterocycles. The van der Waals surface area contributed by atoms with Crippen LogP contribution in [0.2, 0.25) is 0 Å². The van der Waals surface area contributed by atoms with Crippen molar-refractivity contribution in [1.82, 2.24) is 25.1 Å². The van der Waals surface area contributed by atoms with Gasteiger partial charge in [0, 0.05) is 50.8 Å². The molecule has 5 rings (SSSR count). The molecule has 3 aliphatic rings. The number of carbonyl (C=O) groups is 2. The van der Waals surface area contributed by atoms with Crippen molar-refractivity contribution >= 4 is 29.2 Å². The van der Waals surface area contributed by atoms with Crippen molar-refractivity contribution in [2.24, 2.45) is 11.3 Å². The van der Waals surface area contributed by atoms with E-state index in [1.165, 1.54) is 12.1 Å². The Labute approximate surface area is 279 Å². The molecular formula is C36H54FN7O3. The Morgan fingerprint density at radius 3 is 2.32 bits per heavy atom. The molecule has 1 aromatic carbocycles. The summed E-state index contributed by atoms with van der Waals surface area (Å²) < 4.78 is 19.8. The number of likely N-dealkylation sites (tertiary alicyclic amines) is 1. The Hall–Kier alpha value is -3.47. The second kappa shape index (κ2) is 14.3. The molecule has 0 radical (unpaired) electrons. The maximum atomic E-state index is 14.4. The number of anilines is 3. The maximum Gasteiger partial charge on any atom is 0.407 e. The van der Waals surface area contributed by atoms with E-state index in [0.29, 0.717) is 28.3 Å². The van der Waals surface area contributed by atoms with Gasteiger partial charge in [0.15, 0.2) is 5.82 Å². The van der Waals surface area contributed by atoms with Gasteiger partial charge in [-0.3, -0.25) is 4.79 Å². The van der Waals surface area contributed by atoms with E-state index in [9.17, 15) is 14.0 Å². The molecule has 3 heterocycles. The molecular weight excluding hydrogens is 597 g/mol. The van der Waals surface area contributed by atoms with Gasteiger partial charge in [0.05, 0.1) is 17.4 Å². The lowest BCUT2D eigenvalue weighted by molar-refractivity contribution is -0.0311. The number of benzene rings is 1. The Morgan fingerprint density at radius 2 is 1.70 bits per heavy atom. The van der Waals surface area contributed by atoms with Crippen molar-refractivity contribution in [1.29, 1.82) is 0 Å². The second-order valence-corrected chi connectivity index (χ2v) is 15.5. The summed E-state index contributed by atoms with van der Waals surface area (Å²) in [4.78, 5) is 41.3. The predicted octanol–water partition coefficient (Wildman–Crippen LogP) is 6.60. The van der Waals surface area contributed by atoms with Crippen LogP contribution in [0, 0.1) is 17.2 Å². The average molecular weight is 652 g/mol. The summed E-state index contributed by atoms with van der Waals surface area (Å²) in [6.07, 6.45) is 9.46. The zero-order valence-electron chi connectivity index (χ0n) is 29.3. The van der Waals surface area contributed by atoms with E-state index in [1.807, 2.05) is 48.5 Å². The van der Waals surface area contributed by atoms with Crippen molar-refractivity contribution in [2.75, 3.05) is 42.9 Å². The number of hydrogen-bond donors (Lipinski definition) is 2. The number of ether oxygens (including phenoxy) is 1. The van der Waals surface area contributed by atoms with Crippen LogP contribution in [0.3, 0.4) is 0 Å². The topological polar surface area (TPSA) is 103 Å². The van der Waals surface area contributed by atoms with Crippen molar-refractivity contribution in [2.45, 2.75) is 111 Å². The Balaban J connectivity index is 1.13. The van der Waals surface area contributed by atoms with Crippen LogP contribution in [0.4, 0.5) is 26.4 Å². The van der Waals surface area contributed by atoms with Crippen LogP contribution in [0.15, 0.2) is 30.7 Å². The number of hydrogen-bond acceptors (Lipinski definition) is 8. The fourth-order valence-corrected chi connectivity index (χ4v) is 7.68. The van der Waals surface area contributed by atoms with E-state index >= 15 is 0 Å². The van der Waals surface area contributed by atoms with Crippen molar-refractivity contribution in [3.8, 4) is 0 Å². The van der Waals surface area contributed by atoms with Crippen molar-refractivity contribution in [3.05, 3.63) is 42.1 Å². The standard InChI is InChI=1S/C36H54FN7O3/c1-24(2)44(25(3)4)33(45)29-18-27(37)10-13-30(29)41-31-19-38-23-39-32(31)43-16-14-36(15-17-43)21-42(22-36)20-26-8-11-28(12-9-26)40-34(46)47-35(5,6)7/h10,13,18-19,23-26,28,41H,8-9,11-12,14-17,20-22H2,1-7H3,(H,40,46). The minimum absolute atomic E-state index is 0.0273. The third kappa shape index (κ3) is 8.72. The molecule has 2 N–H and O–H groups in total. The van der Waals surface area contributed by atoms with Crippen LogP contribution in [0.5, 0.6) is 0 Å². The number of carbonyl (C=O) groups excluding carboxylic acids is 2. The van der Waals surface area contributed by atoms with Crippen molar-refractivity contribution < 1.29 is 18.7 Å². The zero-order valence-corrected chi connectivity index (χ0v) is 29.3. The van der Waals surface area contributed by atoms with Gasteiger partial charge in [-0.1, -0.05) is 0 Å². The third-order valence-corrected chi connectivity index (χ3v) is 9.85. The number of aromatic nitrogens is 2. The molecule has 0 atom stereocenters. The zero-order chi connectivity index (χ0) is 33.9. The first-order valence-corrected chi connectivity index (χ1v) is 17.4. The normalized spacial score (nSPS) is 21.4. The van der Waals surface area contributed by atoms with E-state index < -0.39 is 11.4 Å². The van der Waals surface area contributed by atoms with Gasteiger partial charge in [0.2, 0.25) is 0 Å². The molecule has 2 amide bonds. The number of nitrogens with one attached hydrogen (secondary N) is 2. The summed E-state index contributed by atoms with van der Waals surface area (Å²) in [5, 5.41) is 6.44. The molecule has 258 valence electrons. The third-order valence-electron chi connectivity index (χ3n) is 9.85. The molecule has 1 aromatic heterocycles. The summed E-state index contributed by atoms with van der Waals surface area (Å²) >= 11 is 0. The van der Waals surface area contributed by atoms with Gasteiger partial charge in [-0.05, 0) is 117 Å². The molecule has 2 aromatic rings. The molecule has 11 heteroatoms. The Kier molecular flexibility index (Phi) is 10.6. The van der Waals surface area contributed by atoms with E-state index in [0.717, 1.165) is 77.1 Å². The SMILES string of the molecule is CC(C)N(C(=O)c1cc(F)ccc1Nc1cncnc1N1CCC2(CC1)CN(CC1CCC(NC(=O)OC(C)(C)C)CC1)C2)C(C)C. The quantitative estimate of drug-likeness (QED) is 0.313. The van der Waals surface area contributed by atoms with Gasteiger partial charge in [-0.15, -0.1) is 0 Å². The summed E-state index contributed by atoms with van der Waals surface area (Å²) in [7, 11) is 0. The average Bonchev–Trinajstić information content (AvgIpc) is 2.97. The highest BCUT2D eigenvalue weighted by Crippen LogP contribution is 2.43. The highest BCUT2D eigenvalue weighted by Gasteiger charge is 2.45. The van der Waals surface area contributed by atoms with Crippen molar-refractivity contribution in [3.63, 3.8) is 0 Å². The van der Waals surface area contributed by atoms with Gasteiger partial charge in [-0.2, -0.15) is 0 Å². The van der Waals surface area contributed by atoms with E-state index in [2.05, 4.69) is 30.4 Å². The van der Waals surface area contributed by atoms with Crippen LogP contribution in [-0.2, 0) is 4.74 Å². The van der Waals surface area contributed by atoms with Gasteiger partial charge in [-0.25, -0.2) is 19.2 Å². The number of halogens is 1. The molecule has 1 spiro atoms. The van der Waals surface area contributed by atoms with Gasteiger partial charge in [0.25, 0.3) is 5.91 Å². The lowest BCUT2D eigenvalue weighted by Crippen LogP contribution is -2.61. The molecule has 1 saturated carbocycles. The lowest BCUT2D eigenvalue weighted by atomic mass is 9.71. The van der Waals surface area contributed by atoms with Gasteiger partial charge >= 0.3 is 6.09 Å². The molecule has 2 aliphatic heterocycles. The van der Waals surface area contributed by atoms with E-state index in [1.54, 1.807) is 23.5 Å². The number of rotatable bonds is 9. The maximum absolute atomic E-state index is 14.4. The fraction of sp³-hybridized carbons (Fsp3) is 0.667. The first-order valence-electron chi connectivity index (χ1n) is 17.4. The second-order valence-electron chi connectivity index (χ2n) is 15.5. The molecule has 0 bridgehead atoms. The van der Waals surface area contributed by atoms with Crippen LogP contribution < -0.4 is 15.5 Å². The van der Waals surface area contributed by atoms with Crippen LogP contribution in [-0.4, -0.2) is 88.2 Å². The van der Waals surface area contributed by atoms with Crippen LogP contribution >= 0.6 is 0 Å².